The Morgan fingerprint density at radius 1 is 1.32 bits per heavy atom. The number of hydrogen-bond acceptors (Lipinski definition) is 3. The number of hydrazine groups is 1. The average Bonchev–Trinajstić information content (AvgIpc) is 2.34. The molecule has 0 aromatic heterocycles. The fraction of sp³-hybridized carbons (Fsp3) is 0.857. The smallest absolute Gasteiger partial charge is 0.303 e. The minimum Gasteiger partial charge on any atom is -0.481 e. The molecular formula is C14H28N2O3. The molecule has 0 spiro atoms. The van der Waals surface area contributed by atoms with Gasteiger partial charge in [-0.3, -0.25) is 14.6 Å². The number of carbonyl (C=O) groups excluding carboxylic acids is 1. The Morgan fingerprint density at radius 3 is 2.42 bits per heavy atom. The van der Waals surface area contributed by atoms with Gasteiger partial charge in [-0.15, -0.1) is 0 Å². The van der Waals surface area contributed by atoms with E-state index in [-0.39, 0.29) is 18.2 Å². The molecular weight excluding hydrogens is 244 g/mol. The molecule has 0 aromatic rings. The van der Waals surface area contributed by atoms with Gasteiger partial charge in [-0.2, -0.15) is 0 Å². The van der Waals surface area contributed by atoms with Crippen molar-refractivity contribution in [2.24, 2.45) is 17.7 Å². The maximum absolute atomic E-state index is 11.4. The van der Waals surface area contributed by atoms with Crippen LogP contribution in [-0.2, 0) is 9.59 Å². The van der Waals surface area contributed by atoms with Crippen LogP contribution in [0, 0.1) is 11.8 Å². The normalized spacial score (nSPS) is 13.9. The van der Waals surface area contributed by atoms with Crippen LogP contribution in [0.15, 0.2) is 0 Å². The van der Waals surface area contributed by atoms with Gasteiger partial charge in [-0.1, -0.05) is 40.0 Å². The van der Waals surface area contributed by atoms with Crippen molar-refractivity contribution in [2.45, 2.75) is 59.3 Å². The minimum absolute atomic E-state index is 0.0649. The number of hydrogen-bond donors (Lipinski definition) is 2. The van der Waals surface area contributed by atoms with Gasteiger partial charge in [0.25, 0.3) is 0 Å². The molecule has 1 amide bonds. The van der Waals surface area contributed by atoms with Crippen LogP contribution in [0.5, 0.6) is 0 Å². The highest BCUT2D eigenvalue weighted by atomic mass is 16.4. The third-order valence-corrected chi connectivity index (χ3v) is 3.33. The summed E-state index contributed by atoms with van der Waals surface area (Å²) in [6.45, 7) is 6.35. The lowest BCUT2D eigenvalue weighted by molar-refractivity contribution is -0.140. The van der Waals surface area contributed by atoms with E-state index >= 15 is 0 Å². The van der Waals surface area contributed by atoms with Crippen molar-refractivity contribution < 1.29 is 14.7 Å². The molecule has 0 radical (unpaired) electrons. The summed E-state index contributed by atoms with van der Waals surface area (Å²) in [5, 5.41) is 10.1. The molecule has 0 rings (SSSR count). The van der Waals surface area contributed by atoms with Crippen LogP contribution in [0.25, 0.3) is 0 Å². The second-order valence-corrected chi connectivity index (χ2v) is 5.35. The number of unbranched alkanes of at least 4 members (excludes halogenated alkanes) is 1. The summed E-state index contributed by atoms with van der Waals surface area (Å²) in [6.07, 6.45) is 4.62. The lowest BCUT2D eigenvalue weighted by atomic mass is 9.89. The van der Waals surface area contributed by atoms with Crippen LogP contribution in [0.2, 0.25) is 0 Å². The van der Waals surface area contributed by atoms with E-state index in [1.54, 1.807) is 6.92 Å². The molecule has 0 aliphatic carbocycles. The number of rotatable bonds is 10. The molecule has 2 unspecified atom stereocenters. The van der Waals surface area contributed by atoms with Gasteiger partial charge in [0.15, 0.2) is 0 Å². The van der Waals surface area contributed by atoms with Crippen molar-refractivity contribution in [3.63, 3.8) is 0 Å². The Kier molecular flexibility index (Phi) is 9.21. The molecule has 0 bridgehead atoms. The molecule has 2 atom stereocenters. The van der Waals surface area contributed by atoms with Gasteiger partial charge in [0.05, 0.1) is 0 Å². The molecule has 0 heterocycles. The predicted octanol–water partition coefficient (Wildman–Crippen LogP) is 2.41. The summed E-state index contributed by atoms with van der Waals surface area (Å²) < 4.78 is 0. The highest BCUT2D eigenvalue weighted by Gasteiger charge is 2.20. The Bertz CT molecular complexity index is 282. The van der Waals surface area contributed by atoms with E-state index in [2.05, 4.69) is 13.8 Å². The zero-order chi connectivity index (χ0) is 14.8. The predicted molar refractivity (Wildman–Crippen MR) is 75.2 cm³/mol. The van der Waals surface area contributed by atoms with E-state index in [0.717, 1.165) is 25.7 Å². The number of amides is 1. The summed E-state index contributed by atoms with van der Waals surface area (Å²) in [4.78, 5) is 22.3. The van der Waals surface area contributed by atoms with E-state index in [1.807, 2.05) is 0 Å². The first-order chi connectivity index (χ1) is 8.90. The van der Waals surface area contributed by atoms with Crippen molar-refractivity contribution in [2.75, 3.05) is 6.54 Å². The zero-order valence-corrected chi connectivity index (χ0v) is 12.4. The maximum Gasteiger partial charge on any atom is 0.303 e. The van der Waals surface area contributed by atoms with Crippen LogP contribution in [-0.4, -0.2) is 28.5 Å². The molecule has 0 fully saturated rings. The zero-order valence-electron chi connectivity index (χ0n) is 12.4. The van der Waals surface area contributed by atoms with Gasteiger partial charge in [0.1, 0.15) is 0 Å². The molecule has 0 saturated heterocycles. The highest BCUT2D eigenvalue weighted by Crippen LogP contribution is 2.21. The topological polar surface area (TPSA) is 83.6 Å². The number of nitrogens with two attached hydrogens (primary N) is 1. The molecule has 5 heteroatoms. The Morgan fingerprint density at radius 2 is 1.95 bits per heavy atom. The summed E-state index contributed by atoms with van der Waals surface area (Å²) in [5.41, 5.74) is 0. The van der Waals surface area contributed by atoms with Crippen molar-refractivity contribution in [1.82, 2.24) is 5.01 Å². The third kappa shape index (κ3) is 8.59. The maximum atomic E-state index is 11.4. The van der Waals surface area contributed by atoms with Crippen LogP contribution in [0.1, 0.15) is 59.3 Å². The molecule has 112 valence electrons. The summed E-state index contributed by atoms with van der Waals surface area (Å²) in [5.74, 6) is 5.10. The monoisotopic (exact) mass is 272 g/mol. The van der Waals surface area contributed by atoms with Crippen LogP contribution in [0.4, 0.5) is 0 Å². The van der Waals surface area contributed by atoms with E-state index < -0.39 is 5.97 Å². The lowest BCUT2D eigenvalue weighted by Gasteiger charge is -2.24. The van der Waals surface area contributed by atoms with Crippen LogP contribution in [0.3, 0.4) is 0 Å². The number of aliphatic carboxylic acids is 1. The molecule has 0 aliphatic rings. The summed E-state index contributed by atoms with van der Waals surface area (Å²) in [6, 6.07) is 0. The standard InChI is InChI=1S/C14H28N2O3/c1-4-6-7-11(3)8-12(9-14(18)19)10-16(15)13(17)5-2/h11-12H,4-10,15H2,1-3H3,(H,18,19). The first kappa shape index (κ1) is 17.9. The van der Waals surface area contributed by atoms with Gasteiger partial charge in [-0.25, -0.2) is 5.84 Å². The minimum atomic E-state index is -0.829. The molecule has 0 aliphatic heterocycles. The molecule has 3 N–H and O–H groups in total. The van der Waals surface area contributed by atoms with E-state index in [4.69, 9.17) is 10.9 Å². The highest BCUT2D eigenvalue weighted by molar-refractivity contribution is 5.75. The second-order valence-electron chi connectivity index (χ2n) is 5.35. The van der Waals surface area contributed by atoms with E-state index in [1.165, 1.54) is 5.01 Å². The summed E-state index contributed by atoms with van der Waals surface area (Å²) >= 11 is 0. The third-order valence-electron chi connectivity index (χ3n) is 3.33. The molecule has 0 aromatic carbocycles. The Hall–Kier alpha value is -1.10. The van der Waals surface area contributed by atoms with Gasteiger partial charge in [0, 0.05) is 19.4 Å². The average molecular weight is 272 g/mol. The van der Waals surface area contributed by atoms with E-state index in [9.17, 15) is 9.59 Å². The van der Waals surface area contributed by atoms with Crippen molar-refractivity contribution in [3.8, 4) is 0 Å². The number of carboxylic acids is 1. The number of carboxylic acid groups (broad SMARTS) is 1. The fourth-order valence-electron chi connectivity index (χ4n) is 2.29. The van der Waals surface area contributed by atoms with Gasteiger partial charge < -0.3 is 5.11 Å². The first-order valence-corrected chi connectivity index (χ1v) is 7.17. The van der Waals surface area contributed by atoms with Crippen LogP contribution < -0.4 is 5.84 Å². The fourth-order valence-corrected chi connectivity index (χ4v) is 2.29. The van der Waals surface area contributed by atoms with Gasteiger partial charge >= 0.3 is 5.97 Å². The van der Waals surface area contributed by atoms with Crippen molar-refractivity contribution >= 4 is 11.9 Å². The van der Waals surface area contributed by atoms with Crippen molar-refractivity contribution in [3.05, 3.63) is 0 Å². The van der Waals surface area contributed by atoms with Crippen molar-refractivity contribution in [1.29, 1.82) is 0 Å². The first-order valence-electron chi connectivity index (χ1n) is 7.17. The second kappa shape index (κ2) is 9.78. The van der Waals surface area contributed by atoms with E-state index in [0.29, 0.717) is 18.9 Å². The number of nitrogens with zero attached hydrogens (tertiary/aromatic N) is 1. The molecule has 0 saturated carbocycles. The lowest BCUT2D eigenvalue weighted by Crippen LogP contribution is -2.41. The van der Waals surface area contributed by atoms with Gasteiger partial charge in [-0.05, 0) is 18.3 Å². The molecule has 5 nitrogen and oxygen atoms in total. The SMILES string of the molecule is CCCCC(C)CC(CC(=O)O)CN(N)C(=O)CC. The Labute approximate surface area is 116 Å². The number of carbonyl (C=O) groups is 2. The quantitative estimate of drug-likeness (QED) is 0.363. The largest absolute Gasteiger partial charge is 0.481 e. The summed E-state index contributed by atoms with van der Waals surface area (Å²) in [7, 11) is 0. The molecule has 19 heavy (non-hydrogen) atoms. The van der Waals surface area contributed by atoms with Crippen LogP contribution >= 0.6 is 0 Å². The Balaban J connectivity index is 4.37. The van der Waals surface area contributed by atoms with Gasteiger partial charge in [0.2, 0.25) is 5.91 Å².